The maximum absolute atomic E-state index is 13.1. The van der Waals surface area contributed by atoms with Crippen molar-refractivity contribution in [2.45, 2.75) is 19.4 Å². The van der Waals surface area contributed by atoms with Crippen LogP contribution in [0, 0.1) is 5.82 Å². The highest BCUT2D eigenvalue weighted by molar-refractivity contribution is 9.10. The van der Waals surface area contributed by atoms with Crippen molar-refractivity contribution in [2.24, 2.45) is 0 Å². The van der Waals surface area contributed by atoms with E-state index in [-0.39, 0.29) is 18.4 Å². The molecule has 3 nitrogen and oxygen atoms in total. The maximum atomic E-state index is 13.1. The number of carbonyl (C=O) groups excluding carboxylic acids is 1. The summed E-state index contributed by atoms with van der Waals surface area (Å²) in [4.78, 5) is 11.3. The van der Waals surface area contributed by atoms with Gasteiger partial charge >= 0.3 is 0 Å². The predicted octanol–water partition coefficient (Wildman–Crippen LogP) is 2.70. The van der Waals surface area contributed by atoms with Gasteiger partial charge in [0.2, 0.25) is 5.91 Å². The molecule has 1 heterocycles. The van der Waals surface area contributed by atoms with Crippen molar-refractivity contribution in [1.29, 1.82) is 0 Å². The van der Waals surface area contributed by atoms with Crippen molar-refractivity contribution in [2.75, 3.05) is 5.32 Å². The molecule has 0 bridgehead atoms. The second-order valence-electron chi connectivity index (χ2n) is 3.45. The number of benzene rings is 1. The smallest absolute Gasteiger partial charge is 0.228 e. The van der Waals surface area contributed by atoms with Crippen LogP contribution >= 0.6 is 15.9 Å². The Kier molecular flexibility index (Phi) is 2.65. The largest absolute Gasteiger partial charge is 0.487 e. The topological polar surface area (TPSA) is 38.3 Å². The van der Waals surface area contributed by atoms with E-state index in [2.05, 4.69) is 21.2 Å². The number of hydrogen-bond donors (Lipinski definition) is 1. The van der Waals surface area contributed by atoms with Gasteiger partial charge in [-0.2, -0.15) is 0 Å². The number of rotatable bonds is 0. The van der Waals surface area contributed by atoms with Crippen molar-refractivity contribution in [1.82, 2.24) is 0 Å². The van der Waals surface area contributed by atoms with Crippen LogP contribution in [0.3, 0.4) is 0 Å². The van der Waals surface area contributed by atoms with Crippen LogP contribution in [0.1, 0.15) is 13.3 Å². The van der Waals surface area contributed by atoms with Crippen molar-refractivity contribution >= 4 is 27.5 Å². The van der Waals surface area contributed by atoms with Crippen LogP contribution in [-0.2, 0) is 4.79 Å². The van der Waals surface area contributed by atoms with Gasteiger partial charge in [0.1, 0.15) is 11.9 Å². The Morgan fingerprint density at radius 3 is 3.07 bits per heavy atom. The summed E-state index contributed by atoms with van der Waals surface area (Å²) in [6, 6.07) is 2.55. The molecule has 80 valence electrons. The number of halogens is 2. The van der Waals surface area contributed by atoms with Gasteiger partial charge in [-0.05, 0) is 28.9 Å². The number of anilines is 1. The number of amides is 1. The molecule has 1 aromatic carbocycles. The molecule has 1 aromatic rings. The lowest BCUT2D eigenvalue weighted by Crippen LogP contribution is -2.17. The van der Waals surface area contributed by atoms with E-state index in [1.165, 1.54) is 12.1 Å². The molecule has 0 radical (unpaired) electrons. The summed E-state index contributed by atoms with van der Waals surface area (Å²) in [5.74, 6) is -0.104. The zero-order chi connectivity index (χ0) is 11.0. The number of ether oxygens (including phenoxy) is 1. The third-order valence-electron chi connectivity index (χ3n) is 2.07. The van der Waals surface area contributed by atoms with E-state index in [1.807, 2.05) is 0 Å². The third-order valence-corrected chi connectivity index (χ3v) is 2.66. The highest BCUT2D eigenvalue weighted by Crippen LogP contribution is 2.37. The van der Waals surface area contributed by atoms with Gasteiger partial charge in [-0.3, -0.25) is 4.79 Å². The summed E-state index contributed by atoms with van der Waals surface area (Å²) >= 11 is 3.20. The average Bonchev–Trinajstić information content (AvgIpc) is 2.22. The van der Waals surface area contributed by atoms with Crippen LogP contribution in [0.25, 0.3) is 0 Å². The standard InChI is InChI=1S/C10H9BrFNO2/c1-5-2-9(14)13-8-4-6(12)3-7(11)10(8)15-5/h3-5H,2H2,1H3,(H,13,14). The molecule has 0 fully saturated rings. The summed E-state index contributed by atoms with van der Waals surface area (Å²) in [5, 5.41) is 2.60. The van der Waals surface area contributed by atoms with Gasteiger partial charge in [0.05, 0.1) is 16.6 Å². The van der Waals surface area contributed by atoms with Gasteiger partial charge in [-0.15, -0.1) is 0 Å². The highest BCUT2D eigenvalue weighted by atomic mass is 79.9. The zero-order valence-corrected chi connectivity index (χ0v) is 9.60. The van der Waals surface area contributed by atoms with Crippen LogP contribution in [0.15, 0.2) is 16.6 Å². The molecular weight excluding hydrogens is 265 g/mol. The first-order valence-electron chi connectivity index (χ1n) is 4.52. The summed E-state index contributed by atoms with van der Waals surface area (Å²) in [7, 11) is 0. The molecule has 0 aliphatic carbocycles. The number of fused-ring (bicyclic) bond motifs is 1. The number of nitrogens with one attached hydrogen (secondary N) is 1. The fourth-order valence-electron chi connectivity index (χ4n) is 1.48. The Morgan fingerprint density at radius 1 is 1.60 bits per heavy atom. The molecular formula is C10H9BrFNO2. The molecule has 0 aromatic heterocycles. The zero-order valence-electron chi connectivity index (χ0n) is 8.01. The van der Waals surface area contributed by atoms with Gasteiger partial charge in [0.25, 0.3) is 0 Å². The van der Waals surface area contributed by atoms with Crippen molar-refractivity contribution in [3.63, 3.8) is 0 Å². The summed E-state index contributed by atoms with van der Waals surface area (Å²) < 4.78 is 19.1. The molecule has 1 amide bonds. The van der Waals surface area contributed by atoms with Crippen molar-refractivity contribution < 1.29 is 13.9 Å². The van der Waals surface area contributed by atoms with E-state index < -0.39 is 5.82 Å². The minimum absolute atomic E-state index is 0.168. The molecule has 0 saturated carbocycles. The lowest BCUT2D eigenvalue weighted by molar-refractivity contribution is -0.117. The molecule has 1 aliphatic rings. The van der Waals surface area contributed by atoms with Gasteiger partial charge in [-0.1, -0.05) is 0 Å². The van der Waals surface area contributed by atoms with Crippen LogP contribution in [0.2, 0.25) is 0 Å². The van der Waals surface area contributed by atoms with Gasteiger partial charge in [0, 0.05) is 6.07 Å². The van der Waals surface area contributed by atoms with E-state index in [4.69, 9.17) is 4.74 Å². The Morgan fingerprint density at radius 2 is 2.33 bits per heavy atom. The second-order valence-corrected chi connectivity index (χ2v) is 4.30. The fourth-order valence-corrected chi connectivity index (χ4v) is 2.00. The molecule has 5 heteroatoms. The SMILES string of the molecule is CC1CC(=O)Nc2cc(F)cc(Br)c2O1. The average molecular weight is 274 g/mol. The van der Waals surface area contributed by atoms with Gasteiger partial charge < -0.3 is 10.1 Å². The second kappa shape index (κ2) is 3.81. The molecule has 1 atom stereocenters. The Balaban J connectivity index is 2.50. The van der Waals surface area contributed by atoms with Crippen LogP contribution in [-0.4, -0.2) is 12.0 Å². The number of hydrogen-bond acceptors (Lipinski definition) is 2. The molecule has 15 heavy (non-hydrogen) atoms. The van der Waals surface area contributed by atoms with Crippen LogP contribution in [0.4, 0.5) is 10.1 Å². The number of carbonyl (C=O) groups is 1. The lowest BCUT2D eigenvalue weighted by Gasteiger charge is -2.12. The third kappa shape index (κ3) is 2.12. The van der Waals surface area contributed by atoms with Gasteiger partial charge in [0.15, 0.2) is 5.75 Å². The molecule has 1 N–H and O–H groups in total. The fraction of sp³-hybridized carbons (Fsp3) is 0.300. The molecule has 1 unspecified atom stereocenters. The van der Waals surface area contributed by atoms with Crippen molar-refractivity contribution in [3.05, 3.63) is 22.4 Å². The lowest BCUT2D eigenvalue weighted by atomic mass is 10.3. The van der Waals surface area contributed by atoms with E-state index >= 15 is 0 Å². The minimum Gasteiger partial charge on any atom is -0.487 e. The van der Waals surface area contributed by atoms with E-state index in [1.54, 1.807) is 6.92 Å². The molecule has 1 aliphatic heterocycles. The predicted molar refractivity (Wildman–Crippen MR) is 57.4 cm³/mol. The van der Waals surface area contributed by atoms with E-state index in [9.17, 15) is 9.18 Å². The monoisotopic (exact) mass is 273 g/mol. The molecule has 0 saturated heterocycles. The van der Waals surface area contributed by atoms with Crippen LogP contribution in [0.5, 0.6) is 5.75 Å². The van der Waals surface area contributed by atoms with E-state index in [0.717, 1.165) is 0 Å². The Labute approximate surface area is 94.7 Å². The summed E-state index contributed by atoms with van der Waals surface area (Å²) in [5.41, 5.74) is 0.372. The molecule has 0 spiro atoms. The summed E-state index contributed by atoms with van der Waals surface area (Å²) in [6.45, 7) is 1.80. The Hall–Kier alpha value is -1.10. The first kappa shape index (κ1) is 10.4. The molecule has 2 rings (SSSR count). The highest BCUT2D eigenvalue weighted by Gasteiger charge is 2.21. The van der Waals surface area contributed by atoms with Crippen molar-refractivity contribution in [3.8, 4) is 5.75 Å². The van der Waals surface area contributed by atoms with Crippen LogP contribution < -0.4 is 10.1 Å². The maximum Gasteiger partial charge on any atom is 0.228 e. The first-order chi connectivity index (χ1) is 7.06. The summed E-state index contributed by atoms with van der Waals surface area (Å²) in [6.07, 6.45) is 0.0518. The quantitative estimate of drug-likeness (QED) is 0.789. The minimum atomic E-state index is -0.418. The Bertz CT molecular complexity index is 422. The normalized spacial score (nSPS) is 19.9. The van der Waals surface area contributed by atoms with E-state index in [0.29, 0.717) is 15.9 Å². The van der Waals surface area contributed by atoms with Gasteiger partial charge in [-0.25, -0.2) is 4.39 Å². The first-order valence-corrected chi connectivity index (χ1v) is 5.31.